The van der Waals surface area contributed by atoms with Crippen LogP contribution in [-0.2, 0) is 5.75 Å². The molecular weight excluding hydrogens is 290 g/mol. The Morgan fingerprint density at radius 2 is 2.25 bits per heavy atom. The van der Waals surface area contributed by atoms with E-state index in [1.54, 1.807) is 23.1 Å². The second-order valence-electron chi connectivity index (χ2n) is 4.32. The van der Waals surface area contributed by atoms with E-state index in [1.165, 1.54) is 5.56 Å². The van der Waals surface area contributed by atoms with Crippen molar-refractivity contribution in [1.82, 2.24) is 10.1 Å². The molecule has 0 saturated heterocycles. The molecular formula is C14H13N3OS2. The van der Waals surface area contributed by atoms with Crippen LogP contribution in [0.5, 0.6) is 0 Å². The summed E-state index contributed by atoms with van der Waals surface area (Å²) < 4.78 is 5.26. The predicted molar refractivity (Wildman–Crippen MR) is 82.8 cm³/mol. The first-order valence-electron chi connectivity index (χ1n) is 6.08. The molecule has 4 nitrogen and oxygen atoms in total. The smallest absolute Gasteiger partial charge is 0.237 e. The van der Waals surface area contributed by atoms with Crippen LogP contribution in [0.15, 0.2) is 45.1 Å². The van der Waals surface area contributed by atoms with Gasteiger partial charge in [0.25, 0.3) is 0 Å². The number of aryl methyl sites for hydroxylation is 1. The quantitative estimate of drug-likeness (QED) is 0.583. The zero-order valence-corrected chi connectivity index (χ0v) is 12.5. The molecule has 0 atom stereocenters. The van der Waals surface area contributed by atoms with Gasteiger partial charge in [0, 0.05) is 10.6 Å². The number of rotatable bonds is 4. The van der Waals surface area contributed by atoms with Crippen LogP contribution in [0.2, 0.25) is 0 Å². The normalized spacial score (nSPS) is 10.8. The Hall–Kier alpha value is -1.79. The Bertz CT molecular complexity index is 707. The lowest BCUT2D eigenvalue weighted by atomic mass is 10.2. The number of nitrogen functional groups attached to an aromatic ring is 1. The molecule has 2 heterocycles. The standard InChI is InChI=1S/C14H13N3OS2/c1-9-4-5-10(15)12(7-9)20-8-13-16-14(17-18-13)11-3-2-6-19-11/h2-7H,8,15H2,1H3. The molecule has 2 aromatic heterocycles. The van der Waals surface area contributed by atoms with Gasteiger partial charge in [-0.3, -0.25) is 0 Å². The lowest BCUT2D eigenvalue weighted by molar-refractivity contribution is 0.392. The van der Waals surface area contributed by atoms with Crippen LogP contribution < -0.4 is 5.73 Å². The van der Waals surface area contributed by atoms with E-state index < -0.39 is 0 Å². The van der Waals surface area contributed by atoms with Gasteiger partial charge in [-0.25, -0.2) is 0 Å². The Kier molecular flexibility index (Phi) is 3.75. The summed E-state index contributed by atoms with van der Waals surface area (Å²) >= 11 is 3.20. The maximum Gasteiger partial charge on any atom is 0.237 e. The third-order valence-corrected chi connectivity index (χ3v) is 4.65. The van der Waals surface area contributed by atoms with Crippen molar-refractivity contribution < 1.29 is 4.52 Å². The Balaban J connectivity index is 1.71. The van der Waals surface area contributed by atoms with Gasteiger partial charge >= 0.3 is 0 Å². The number of hydrogen-bond acceptors (Lipinski definition) is 6. The minimum absolute atomic E-state index is 0.610. The van der Waals surface area contributed by atoms with Crippen LogP contribution >= 0.6 is 23.1 Å². The summed E-state index contributed by atoms with van der Waals surface area (Å²) in [5, 5.41) is 5.98. The van der Waals surface area contributed by atoms with Crippen LogP contribution in [0.3, 0.4) is 0 Å². The van der Waals surface area contributed by atoms with Crippen LogP contribution in [0.4, 0.5) is 5.69 Å². The van der Waals surface area contributed by atoms with Gasteiger partial charge in [0.15, 0.2) is 0 Å². The van der Waals surface area contributed by atoms with E-state index in [-0.39, 0.29) is 0 Å². The zero-order valence-electron chi connectivity index (χ0n) is 10.9. The first-order chi connectivity index (χ1) is 9.72. The number of anilines is 1. The molecule has 0 saturated carbocycles. The first kappa shape index (κ1) is 13.2. The van der Waals surface area contributed by atoms with E-state index in [2.05, 4.69) is 16.2 Å². The molecule has 0 amide bonds. The maximum atomic E-state index is 5.95. The monoisotopic (exact) mass is 303 g/mol. The Morgan fingerprint density at radius 1 is 1.35 bits per heavy atom. The maximum absolute atomic E-state index is 5.95. The molecule has 1 aromatic carbocycles. The largest absolute Gasteiger partial charge is 0.398 e. The molecule has 0 radical (unpaired) electrons. The topological polar surface area (TPSA) is 64.9 Å². The average molecular weight is 303 g/mol. The molecule has 20 heavy (non-hydrogen) atoms. The van der Waals surface area contributed by atoms with Gasteiger partial charge in [-0.1, -0.05) is 17.3 Å². The van der Waals surface area contributed by atoms with Gasteiger partial charge in [0.2, 0.25) is 11.7 Å². The van der Waals surface area contributed by atoms with Gasteiger partial charge < -0.3 is 10.3 Å². The summed E-state index contributed by atoms with van der Waals surface area (Å²) in [6.07, 6.45) is 0. The molecule has 102 valence electrons. The van der Waals surface area contributed by atoms with E-state index >= 15 is 0 Å². The Labute approximate surface area is 125 Å². The fourth-order valence-electron chi connectivity index (χ4n) is 1.73. The second-order valence-corrected chi connectivity index (χ2v) is 6.28. The van der Waals surface area contributed by atoms with Crippen molar-refractivity contribution in [3.63, 3.8) is 0 Å². The van der Waals surface area contributed by atoms with E-state index in [4.69, 9.17) is 10.3 Å². The van der Waals surface area contributed by atoms with Crippen LogP contribution in [0.25, 0.3) is 10.7 Å². The molecule has 3 aromatic rings. The number of thioether (sulfide) groups is 1. The van der Waals surface area contributed by atoms with Gasteiger partial charge in [0.1, 0.15) is 0 Å². The number of aromatic nitrogens is 2. The molecule has 0 aliphatic carbocycles. The highest BCUT2D eigenvalue weighted by Crippen LogP contribution is 2.29. The summed E-state index contributed by atoms with van der Waals surface area (Å²) in [6, 6.07) is 9.93. The fraction of sp³-hybridized carbons (Fsp3) is 0.143. The SMILES string of the molecule is Cc1ccc(N)c(SCc2nc(-c3cccs3)no2)c1. The molecule has 0 spiro atoms. The number of benzene rings is 1. The minimum atomic E-state index is 0.610. The average Bonchev–Trinajstić information content (AvgIpc) is 3.09. The van der Waals surface area contributed by atoms with E-state index in [9.17, 15) is 0 Å². The van der Waals surface area contributed by atoms with Gasteiger partial charge in [0.05, 0.1) is 10.6 Å². The summed E-state index contributed by atoms with van der Waals surface area (Å²) in [7, 11) is 0. The molecule has 2 N–H and O–H groups in total. The van der Waals surface area contributed by atoms with Gasteiger partial charge in [-0.05, 0) is 36.1 Å². The van der Waals surface area contributed by atoms with Crippen molar-refractivity contribution in [1.29, 1.82) is 0 Å². The van der Waals surface area contributed by atoms with Crippen molar-refractivity contribution in [2.75, 3.05) is 5.73 Å². The molecule has 0 bridgehead atoms. The van der Waals surface area contributed by atoms with E-state index in [0.717, 1.165) is 15.5 Å². The van der Waals surface area contributed by atoms with Crippen molar-refractivity contribution in [2.24, 2.45) is 0 Å². The summed E-state index contributed by atoms with van der Waals surface area (Å²) in [5.74, 6) is 1.87. The minimum Gasteiger partial charge on any atom is -0.398 e. The second kappa shape index (κ2) is 5.68. The van der Waals surface area contributed by atoms with Crippen LogP contribution in [0, 0.1) is 6.92 Å². The zero-order chi connectivity index (χ0) is 13.9. The van der Waals surface area contributed by atoms with E-state index in [1.807, 2.05) is 36.6 Å². The van der Waals surface area contributed by atoms with Gasteiger partial charge in [-0.15, -0.1) is 23.1 Å². The molecule has 0 aliphatic heterocycles. The van der Waals surface area contributed by atoms with Crippen LogP contribution in [0.1, 0.15) is 11.5 Å². The molecule has 0 fully saturated rings. The lowest BCUT2D eigenvalue weighted by Crippen LogP contribution is -1.90. The van der Waals surface area contributed by atoms with Crippen molar-refractivity contribution in [3.8, 4) is 10.7 Å². The number of nitrogens with zero attached hydrogens (tertiary/aromatic N) is 2. The van der Waals surface area contributed by atoms with E-state index in [0.29, 0.717) is 17.5 Å². The summed E-state index contributed by atoms with van der Waals surface area (Å²) in [4.78, 5) is 6.45. The summed E-state index contributed by atoms with van der Waals surface area (Å²) in [5.41, 5.74) is 7.91. The lowest BCUT2D eigenvalue weighted by Gasteiger charge is -2.04. The molecule has 3 rings (SSSR count). The first-order valence-corrected chi connectivity index (χ1v) is 7.94. The predicted octanol–water partition coefficient (Wildman–Crippen LogP) is 3.98. The van der Waals surface area contributed by atoms with Crippen LogP contribution in [-0.4, -0.2) is 10.1 Å². The highest BCUT2D eigenvalue weighted by Gasteiger charge is 2.10. The fourth-order valence-corrected chi connectivity index (χ4v) is 3.27. The number of nitrogens with two attached hydrogens (primary N) is 1. The number of thiophene rings is 1. The van der Waals surface area contributed by atoms with Crippen molar-refractivity contribution in [3.05, 3.63) is 47.2 Å². The van der Waals surface area contributed by atoms with Crippen molar-refractivity contribution in [2.45, 2.75) is 17.6 Å². The highest BCUT2D eigenvalue weighted by atomic mass is 32.2. The van der Waals surface area contributed by atoms with Crippen molar-refractivity contribution >= 4 is 28.8 Å². The van der Waals surface area contributed by atoms with Gasteiger partial charge in [-0.2, -0.15) is 4.98 Å². The highest BCUT2D eigenvalue weighted by molar-refractivity contribution is 7.98. The Morgan fingerprint density at radius 3 is 3.05 bits per heavy atom. The third kappa shape index (κ3) is 2.86. The number of hydrogen-bond donors (Lipinski definition) is 1. The third-order valence-electron chi connectivity index (χ3n) is 2.73. The molecule has 0 aliphatic rings. The molecule has 0 unspecified atom stereocenters. The molecule has 6 heteroatoms. The summed E-state index contributed by atoms with van der Waals surface area (Å²) in [6.45, 7) is 2.05.